The topological polar surface area (TPSA) is 75.2 Å². The predicted octanol–water partition coefficient (Wildman–Crippen LogP) is 2.51. The largest absolute Gasteiger partial charge is 0.496 e. The fourth-order valence-corrected chi connectivity index (χ4v) is 1.77. The van der Waals surface area contributed by atoms with Crippen molar-refractivity contribution < 1.29 is 14.6 Å². The van der Waals surface area contributed by atoms with Crippen molar-refractivity contribution in [3.8, 4) is 17.0 Å². The molecule has 1 aromatic heterocycles. The van der Waals surface area contributed by atoms with E-state index in [1.54, 1.807) is 24.3 Å². The van der Waals surface area contributed by atoms with Gasteiger partial charge in [0, 0.05) is 11.8 Å². The Morgan fingerprint density at radius 1 is 1.44 bits per heavy atom. The van der Waals surface area contributed by atoms with Gasteiger partial charge in [-0.1, -0.05) is 12.1 Å². The Kier molecular flexibility index (Phi) is 3.38. The van der Waals surface area contributed by atoms with Gasteiger partial charge in [-0.05, 0) is 24.4 Å². The van der Waals surface area contributed by atoms with Gasteiger partial charge in [-0.3, -0.25) is 0 Å². The zero-order valence-corrected chi connectivity index (χ0v) is 10.3. The van der Waals surface area contributed by atoms with Gasteiger partial charge in [-0.25, -0.2) is 9.78 Å². The quantitative estimate of drug-likeness (QED) is 0.831. The average molecular weight is 262 g/mol. The minimum atomic E-state index is -1.07. The molecule has 0 saturated carbocycles. The van der Waals surface area contributed by atoms with Gasteiger partial charge in [0.15, 0.2) is 4.77 Å². The normalized spacial score (nSPS) is 10.1. The maximum Gasteiger partial charge on any atom is 0.339 e. The number of carboxylic acids is 1. The third kappa shape index (κ3) is 2.23. The molecule has 0 aliphatic carbocycles. The van der Waals surface area contributed by atoms with E-state index < -0.39 is 5.97 Å². The van der Waals surface area contributed by atoms with Crippen LogP contribution in [0.25, 0.3) is 11.3 Å². The molecule has 2 aromatic rings. The maximum atomic E-state index is 11.2. The van der Waals surface area contributed by atoms with Crippen molar-refractivity contribution in [1.82, 2.24) is 9.97 Å². The molecule has 2 N–H and O–H groups in total. The van der Waals surface area contributed by atoms with E-state index in [1.807, 2.05) is 0 Å². The van der Waals surface area contributed by atoms with Gasteiger partial charge in [-0.15, -0.1) is 0 Å². The van der Waals surface area contributed by atoms with Crippen molar-refractivity contribution in [3.63, 3.8) is 0 Å². The van der Waals surface area contributed by atoms with Crippen LogP contribution in [0.3, 0.4) is 0 Å². The molecule has 92 valence electrons. The maximum absolute atomic E-state index is 11.2. The lowest BCUT2D eigenvalue weighted by molar-refractivity contribution is 0.0697. The molecule has 2 rings (SSSR count). The highest BCUT2D eigenvalue weighted by Crippen LogP contribution is 2.30. The Hall–Kier alpha value is -2.21. The second kappa shape index (κ2) is 4.97. The molecule has 0 aliphatic rings. The first-order valence-corrected chi connectivity index (χ1v) is 5.50. The number of hydrogen-bond acceptors (Lipinski definition) is 4. The molecule has 0 aliphatic heterocycles. The molecule has 1 heterocycles. The number of hydrogen-bond donors (Lipinski definition) is 2. The number of rotatable bonds is 3. The molecule has 1 aromatic carbocycles. The number of nitrogens with one attached hydrogen (secondary N) is 1. The highest BCUT2D eigenvalue weighted by Gasteiger charge is 2.15. The predicted molar refractivity (Wildman–Crippen MR) is 68.4 cm³/mol. The van der Waals surface area contributed by atoms with Crippen LogP contribution in [0.5, 0.6) is 5.75 Å². The molecule has 0 fully saturated rings. The average Bonchev–Trinajstić information content (AvgIpc) is 2.38. The molecule has 0 amide bonds. The van der Waals surface area contributed by atoms with Crippen LogP contribution in [0, 0.1) is 4.77 Å². The van der Waals surface area contributed by atoms with Crippen LogP contribution in [0.2, 0.25) is 0 Å². The number of nitrogens with zero attached hydrogens (tertiary/aromatic N) is 1. The van der Waals surface area contributed by atoms with Gasteiger partial charge in [0.2, 0.25) is 0 Å². The second-order valence-corrected chi connectivity index (χ2v) is 3.87. The summed E-state index contributed by atoms with van der Waals surface area (Å²) in [5.74, 6) is -0.508. The van der Waals surface area contributed by atoms with Crippen LogP contribution in [0.1, 0.15) is 10.4 Å². The third-order valence-corrected chi connectivity index (χ3v) is 2.63. The molecule has 18 heavy (non-hydrogen) atoms. The van der Waals surface area contributed by atoms with Gasteiger partial charge in [0.05, 0.1) is 12.8 Å². The number of aromatic nitrogens is 2. The van der Waals surface area contributed by atoms with E-state index in [2.05, 4.69) is 9.97 Å². The second-order valence-electron chi connectivity index (χ2n) is 3.48. The monoisotopic (exact) mass is 262 g/mol. The summed E-state index contributed by atoms with van der Waals surface area (Å²) >= 11 is 4.92. The number of para-hydroxylation sites is 1. The Bertz CT molecular complexity index is 652. The number of carbonyl (C=O) groups is 1. The first kappa shape index (κ1) is 12.3. The molecule has 5 nitrogen and oxygen atoms in total. The summed E-state index contributed by atoms with van der Waals surface area (Å²) in [6, 6.07) is 7.10. The summed E-state index contributed by atoms with van der Waals surface area (Å²) < 4.78 is 5.43. The van der Waals surface area contributed by atoms with Gasteiger partial charge >= 0.3 is 5.97 Å². The SMILES string of the molecule is COc1ccccc1-c1[nH]c(=S)ncc1C(=O)O. The lowest BCUT2D eigenvalue weighted by Crippen LogP contribution is -2.04. The van der Waals surface area contributed by atoms with E-state index in [0.717, 1.165) is 0 Å². The molecule has 0 unspecified atom stereocenters. The van der Waals surface area contributed by atoms with Crippen molar-refractivity contribution in [3.05, 3.63) is 40.8 Å². The van der Waals surface area contributed by atoms with Crippen molar-refractivity contribution in [1.29, 1.82) is 0 Å². The Morgan fingerprint density at radius 3 is 2.83 bits per heavy atom. The van der Waals surface area contributed by atoms with Gasteiger partial charge in [0.1, 0.15) is 11.3 Å². The lowest BCUT2D eigenvalue weighted by Gasteiger charge is -2.10. The molecular weight excluding hydrogens is 252 g/mol. The molecular formula is C12H10N2O3S. The molecule has 0 saturated heterocycles. The molecule has 0 bridgehead atoms. The van der Waals surface area contributed by atoms with Gasteiger partial charge in [-0.2, -0.15) is 0 Å². The highest BCUT2D eigenvalue weighted by molar-refractivity contribution is 7.71. The number of carboxylic acid groups (broad SMARTS) is 1. The molecule has 0 spiro atoms. The first-order valence-electron chi connectivity index (χ1n) is 5.09. The van der Waals surface area contributed by atoms with Gasteiger partial charge in [0.25, 0.3) is 0 Å². The number of aromatic carboxylic acids is 1. The Balaban J connectivity index is 2.73. The highest BCUT2D eigenvalue weighted by atomic mass is 32.1. The van der Waals surface area contributed by atoms with E-state index in [1.165, 1.54) is 13.3 Å². The number of H-pyrrole nitrogens is 1. The number of aromatic amines is 1. The van der Waals surface area contributed by atoms with Crippen LogP contribution in [0.4, 0.5) is 0 Å². The van der Waals surface area contributed by atoms with Crippen LogP contribution in [-0.2, 0) is 0 Å². The molecule has 0 atom stereocenters. The molecule has 6 heteroatoms. The fourth-order valence-electron chi connectivity index (χ4n) is 1.62. The smallest absolute Gasteiger partial charge is 0.339 e. The van der Waals surface area contributed by atoms with Crippen molar-refractivity contribution >= 4 is 18.2 Å². The summed E-state index contributed by atoms with van der Waals surface area (Å²) in [4.78, 5) is 17.7. The lowest BCUT2D eigenvalue weighted by atomic mass is 10.1. The number of benzene rings is 1. The van der Waals surface area contributed by atoms with Crippen LogP contribution < -0.4 is 4.74 Å². The minimum absolute atomic E-state index is 0.0492. The Labute approximate surface area is 108 Å². The van der Waals surface area contributed by atoms with Crippen molar-refractivity contribution in [2.45, 2.75) is 0 Å². The summed E-state index contributed by atoms with van der Waals surface area (Å²) in [5, 5.41) is 9.15. The summed E-state index contributed by atoms with van der Waals surface area (Å²) in [7, 11) is 1.52. The van der Waals surface area contributed by atoms with E-state index in [9.17, 15) is 4.79 Å². The fraction of sp³-hybridized carbons (Fsp3) is 0.0833. The summed E-state index contributed by atoms with van der Waals surface area (Å²) in [5.41, 5.74) is 1.07. The third-order valence-electron chi connectivity index (χ3n) is 2.42. The van der Waals surface area contributed by atoms with Crippen LogP contribution >= 0.6 is 12.2 Å². The standard InChI is InChI=1S/C12H10N2O3S/c1-17-9-5-3-2-4-7(9)10-8(11(15)16)6-13-12(18)14-10/h2-6H,1H3,(H,15,16)(H,13,14,18). The summed E-state index contributed by atoms with van der Waals surface area (Å²) in [6.07, 6.45) is 1.24. The van der Waals surface area contributed by atoms with Crippen molar-refractivity contribution in [2.75, 3.05) is 7.11 Å². The van der Waals surface area contributed by atoms with E-state index in [-0.39, 0.29) is 10.3 Å². The van der Waals surface area contributed by atoms with E-state index in [0.29, 0.717) is 17.0 Å². The van der Waals surface area contributed by atoms with E-state index in [4.69, 9.17) is 22.1 Å². The zero-order chi connectivity index (χ0) is 13.1. The number of ether oxygens (including phenoxy) is 1. The van der Waals surface area contributed by atoms with Crippen LogP contribution in [0.15, 0.2) is 30.5 Å². The minimum Gasteiger partial charge on any atom is -0.496 e. The zero-order valence-electron chi connectivity index (χ0n) is 9.51. The summed E-state index contributed by atoms with van der Waals surface area (Å²) in [6.45, 7) is 0. The van der Waals surface area contributed by atoms with Crippen LogP contribution in [-0.4, -0.2) is 28.2 Å². The first-order chi connectivity index (χ1) is 8.63. The number of methoxy groups -OCH3 is 1. The van der Waals surface area contributed by atoms with Gasteiger partial charge < -0.3 is 14.8 Å². The van der Waals surface area contributed by atoms with Crippen molar-refractivity contribution in [2.24, 2.45) is 0 Å². The molecule has 0 radical (unpaired) electrons. The van der Waals surface area contributed by atoms with E-state index >= 15 is 0 Å². The Morgan fingerprint density at radius 2 is 2.17 bits per heavy atom.